The van der Waals surface area contributed by atoms with E-state index in [-0.39, 0.29) is 32.7 Å². The predicted octanol–water partition coefficient (Wildman–Crippen LogP) is 3.84. The monoisotopic (exact) mass is 393 g/mol. The lowest BCUT2D eigenvalue weighted by Crippen LogP contribution is -2.39. The average molecular weight is 394 g/mol. The van der Waals surface area contributed by atoms with Crippen LogP contribution >= 0.6 is 23.8 Å². The van der Waals surface area contributed by atoms with E-state index < -0.39 is 11.7 Å². The highest BCUT2D eigenvalue weighted by Crippen LogP contribution is 2.33. The lowest BCUT2D eigenvalue weighted by atomic mass is 10.1. The summed E-state index contributed by atoms with van der Waals surface area (Å²) in [5.41, 5.74) is 0.0571. The second-order valence-electron chi connectivity index (χ2n) is 5.28. The Hall–Kier alpha value is -2.71. The first-order chi connectivity index (χ1) is 12.5. The number of amides is 1. The molecule has 0 fully saturated rings. The van der Waals surface area contributed by atoms with Gasteiger partial charge in [-0.05, 0) is 43.4 Å². The van der Waals surface area contributed by atoms with Gasteiger partial charge in [0.25, 0.3) is 5.91 Å². The highest BCUT2D eigenvalue weighted by atomic mass is 35.5. The van der Waals surface area contributed by atoms with Gasteiger partial charge in [-0.15, -0.1) is 0 Å². The van der Waals surface area contributed by atoms with Crippen LogP contribution in [-0.4, -0.2) is 16.2 Å². The van der Waals surface area contributed by atoms with E-state index in [9.17, 15) is 9.18 Å². The molecule has 1 aromatic carbocycles. The van der Waals surface area contributed by atoms with Gasteiger partial charge in [-0.2, -0.15) is 0 Å². The Kier molecular flexibility index (Phi) is 5.34. The summed E-state index contributed by atoms with van der Waals surface area (Å²) in [7, 11) is 0. The summed E-state index contributed by atoms with van der Waals surface area (Å²) in [5.74, 6) is -0.333. The van der Waals surface area contributed by atoms with Crippen LogP contribution in [0.5, 0.6) is 0 Å². The third-order valence-electron chi connectivity index (χ3n) is 3.52. The molecular weight excluding hydrogens is 381 g/mol. The topological polar surface area (TPSA) is 80.3 Å². The molecule has 1 amide bonds. The molecule has 0 bridgehead atoms. The van der Waals surface area contributed by atoms with Crippen LogP contribution in [0.15, 0.2) is 45.5 Å². The molecule has 26 heavy (non-hydrogen) atoms. The molecule has 0 unspecified atom stereocenters. The van der Waals surface area contributed by atoms with E-state index in [2.05, 4.69) is 15.8 Å². The molecule has 0 aliphatic heterocycles. The van der Waals surface area contributed by atoms with Gasteiger partial charge in [0.15, 0.2) is 5.11 Å². The summed E-state index contributed by atoms with van der Waals surface area (Å²) in [4.78, 5) is 12.6. The van der Waals surface area contributed by atoms with Gasteiger partial charge in [-0.3, -0.25) is 10.1 Å². The summed E-state index contributed by atoms with van der Waals surface area (Å²) in [6.45, 7) is 1.85. The van der Waals surface area contributed by atoms with E-state index in [1.165, 1.54) is 24.5 Å². The molecule has 0 saturated heterocycles. The van der Waals surface area contributed by atoms with Gasteiger partial charge in [-0.1, -0.05) is 22.8 Å². The minimum absolute atomic E-state index is 0.00868. The molecule has 2 aromatic heterocycles. The Morgan fingerprint density at radius 2 is 2.15 bits per heavy atom. The van der Waals surface area contributed by atoms with Gasteiger partial charge < -0.3 is 14.3 Å². The smallest absolute Gasteiger partial charge is 0.263 e. The number of hydrogen-bond donors (Lipinski definition) is 2. The number of carbonyl (C=O) groups excluding carboxylic acids is 1. The molecule has 2 heterocycles. The van der Waals surface area contributed by atoms with Crippen LogP contribution in [0.1, 0.15) is 21.9 Å². The minimum Gasteiger partial charge on any atom is -0.467 e. The van der Waals surface area contributed by atoms with Gasteiger partial charge in [0, 0.05) is 0 Å². The SMILES string of the molecule is Cc1onc(-c2c(F)cccc2Cl)c1C(=O)NC(=S)NCc1ccco1. The normalized spacial score (nSPS) is 10.6. The van der Waals surface area contributed by atoms with Crippen molar-refractivity contribution in [3.05, 3.63) is 64.5 Å². The van der Waals surface area contributed by atoms with Crippen molar-refractivity contribution in [2.45, 2.75) is 13.5 Å². The maximum Gasteiger partial charge on any atom is 0.263 e. The number of rotatable bonds is 4. The maximum absolute atomic E-state index is 14.2. The summed E-state index contributed by atoms with van der Waals surface area (Å²) < 4.78 is 24.4. The van der Waals surface area contributed by atoms with Gasteiger partial charge in [0.05, 0.1) is 23.4 Å². The van der Waals surface area contributed by atoms with E-state index in [1.807, 2.05) is 0 Å². The summed E-state index contributed by atoms with van der Waals surface area (Å²) in [6, 6.07) is 7.69. The number of carbonyl (C=O) groups is 1. The molecule has 2 N–H and O–H groups in total. The standard InChI is InChI=1S/C17H13ClFN3O3S/c1-9-13(15(22-25-9)14-11(18)5-2-6-12(14)19)16(23)21-17(26)20-8-10-4-3-7-24-10/h2-7H,8H2,1H3,(H2,20,21,23,26). The first-order valence-corrected chi connectivity index (χ1v) is 8.28. The van der Waals surface area contributed by atoms with E-state index in [0.29, 0.717) is 12.3 Å². The van der Waals surface area contributed by atoms with E-state index in [4.69, 9.17) is 32.8 Å². The fourth-order valence-corrected chi connectivity index (χ4v) is 2.74. The van der Waals surface area contributed by atoms with Crippen molar-refractivity contribution in [3.8, 4) is 11.3 Å². The molecule has 134 valence electrons. The van der Waals surface area contributed by atoms with Gasteiger partial charge in [0.1, 0.15) is 28.6 Å². The molecule has 0 spiro atoms. The highest BCUT2D eigenvalue weighted by Gasteiger charge is 2.25. The van der Waals surface area contributed by atoms with Crippen LogP contribution < -0.4 is 10.6 Å². The predicted molar refractivity (Wildman–Crippen MR) is 97.3 cm³/mol. The first-order valence-electron chi connectivity index (χ1n) is 7.49. The van der Waals surface area contributed by atoms with Crippen LogP contribution in [-0.2, 0) is 6.54 Å². The van der Waals surface area contributed by atoms with Crippen LogP contribution in [0.2, 0.25) is 5.02 Å². The fourth-order valence-electron chi connectivity index (χ4n) is 2.32. The number of furan rings is 1. The number of benzene rings is 1. The molecule has 0 saturated carbocycles. The third kappa shape index (κ3) is 3.76. The molecule has 0 radical (unpaired) electrons. The summed E-state index contributed by atoms with van der Waals surface area (Å²) in [5, 5.41) is 9.32. The third-order valence-corrected chi connectivity index (χ3v) is 4.08. The van der Waals surface area contributed by atoms with Gasteiger partial charge in [-0.25, -0.2) is 4.39 Å². The average Bonchev–Trinajstić information content (AvgIpc) is 3.23. The molecule has 9 heteroatoms. The number of hydrogen-bond acceptors (Lipinski definition) is 5. The van der Waals surface area contributed by atoms with Crippen LogP contribution in [0.3, 0.4) is 0 Å². The van der Waals surface area contributed by atoms with Crippen molar-refractivity contribution >= 4 is 34.8 Å². The molecule has 0 atom stereocenters. The fraction of sp³-hybridized carbons (Fsp3) is 0.118. The number of nitrogens with zero attached hydrogens (tertiary/aromatic N) is 1. The summed E-state index contributed by atoms with van der Waals surface area (Å²) in [6.07, 6.45) is 1.53. The number of aryl methyl sites for hydroxylation is 1. The van der Waals surface area contributed by atoms with Gasteiger partial charge in [0.2, 0.25) is 0 Å². The second kappa shape index (κ2) is 7.67. The van der Waals surface area contributed by atoms with Crippen molar-refractivity contribution in [1.29, 1.82) is 0 Å². The Balaban J connectivity index is 1.80. The van der Waals surface area contributed by atoms with Crippen LogP contribution in [0.4, 0.5) is 4.39 Å². The molecule has 3 rings (SSSR count). The van der Waals surface area contributed by atoms with Crippen molar-refractivity contribution in [3.63, 3.8) is 0 Å². The Bertz CT molecular complexity index is 936. The minimum atomic E-state index is -0.613. The van der Waals surface area contributed by atoms with E-state index in [0.717, 1.165) is 0 Å². The molecular formula is C17H13ClFN3O3S. The zero-order valence-electron chi connectivity index (χ0n) is 13.5. The zero-order chi connectivity index (χ0) is 18.7. The molecule has 6 nitrogen and oxygen atoms in total. The molecule has 0 aliphatic carbocycles. The van der Waals surface area contributed by atoms with Crippen molar-refractivity contribution in [2.75, 3.05) is 0 Å². The van der Waals surface area contributed by atoms with Crippen LogP contribution in [0.25, 0.3) is 11.3 Å². The second-order valence-corrected chi connectivity index (χ2v) is 6.09. The largest absolute Gasteiger partial charge is 0.467 e. The lowest BCUT2D eigenvalue weighted by Gasteiger charge is -2.09. The Morgan fingerprint density at radius 1 is 1.35 bits per heavy atom. The molecule has 0 aliphatic rings. The summed E-state index contributed by atoms with van der Waals surface area (Å²) >= 11 is 11.2. The van der Waals surface area contributed by atoms with Gasteiger partial charge >= 0.3 is 0 Å². The maximum atomic E-state index is 14.2. The first kappa shape index (κ1) is 18.1. The zero-order valence-corrected chi connectivity index (χ0v) is 15.1. The number of aromatic nitrogens is 1. The van der Waals surface area contributed by atoms with Crippen molar-refractivity contribution in [2.24, 2.45) is 0 Å². The van der Waals surface area contributed by atoms with E-state index in [1.54, 1.807) is 19.1 Å². The Morgan fingerprint density at radius 3 is 2.85 bits per heavy atom. The Labute approximate surface area is 158 Å². The lowest BCUT2D eigenvalue weighted by molar-refractivity contribution is 0.0975. The van der Waals surface area contributed by atoms with E-state index >= 15 is 0 Å². The highest BCUT2D eigenvalue weighted by molar-refractivity contribution is 7.80. The molecule has 3 aromatic rings. The van der Waals surface area contributed by atoms with Crippen molar-refractivity contribution in [1.82, 2.24) is 15.8 Å². The number of nitrogens with one attached hydrogen (secondary N) is 2. The number of thiocarbonyl (C=S) groups is 1. The number of halogens is 2. The van der Waals surface area contributed by atoms with Crippen LogP contribution in [0, 0.1) is 12.7 Å². The quantitative estimate of drug-likeness (QED) is 0.655. The van der Waals surface area contributed by atoms with Crippen molar-refractivity contribution < 1.29 is 18.1 Å².